The average Bonchev–Trinajstić information content (AvgIpc) is 2.30. The Kier molecular flexibility index (Phi) is 3.57. The molecular weight excluding hydrogens is 236 g/mol. The maximum atomic E-state index is 5.87. The largest absolute Gasteiger partial charge is 0.154 e. The topological polar surface area (TPSA) is 0 Å². The van der Waals surface area contributed by atoms with Gasteiger partial charge in [-0.2, -0.15) is 0 Å². The van der Waals surface area contributed by atoms with Crippen molar-refractivity contribution in [3.8, 4) is 11.1 Å². The van der Waals surface area contributed by atoms with Crippen molar-refractivity contribution in [1.29, 1.82) is 0 Å². The van der Waals surface area contributed by atoms with Crippen LogP contribution in [0.25, 0.3) is 11.1 Å². The first-order valence-corrected chi connectivity index (χ1v) is 7.52. The molecule has 0 spiro atoms. The van der Waals surface area contributed by atoms with E-state index in [2.05, 4.69) is 48.9 Å². The highest BCUT2D eigenvalue weighted by Gasteiger charge is 2.07. The van der Waals surface area contributed by atoms with E-state index in [1.54, 1.807) is 0 Å². The van der Waals surface area contributed by atoms with Gasteiger partial charge in [-0.1, -0.05) is 23.7 Å². The van der Waals surface area contributed by atoms with Gasteiger partial charge >= 0.3 is 0 Å². The van der Waals surface area contributed by atoms with E-state index in [1.807, 2.05) is 12.1 Å². The standard InChI is InChI=1S/C14H14ClS/c1-16(2)14-9-5-12(6-10-14)11-3-7-13(15)8-4-11/h3-10H,1-2H3/q+1. The first-order valence-electron chi connectivity index (χ1n) is 5.10. The van der Waals surface area contributed by atoms with E-state index >= 15 is 0 Å². The van der Waals surface area contributed by atoms with Crippen molar-refractivity contribution in [2.24, 2.45) is 0 Å². The van der Waals surface area contributed by atoms with Crippen molar-refractivity contribution in [1.82, 2.24) is 0 Å². The molecule has 0 amide bonds. The predicted octanol–water partition coefficient (Wildman–Crippen LogP) is 4.24. The molecule has 2 aromatic rings. The van der Waals surface area contributed by atoms with Gasteiger partial charge in [-0.15, -0.1) is 0 Å². The van der Waals surface area contributed by atoms with Crippen LogP contribution < -0.4 is 0 Å². The minimum Gasteiger partial charge on any atom is -0.0843 e. The molecule has 16 heavy (non-hydrogen) atoms. The summed E-state index contributed by atoms with van der Waals surface area (Å²) in [5, 5.41) is 0.782. The van der Waals surface area contributed by atoms with Crippen molar-refractivity contribution in [2.75, 3.05) is 12.5 Å². The summed E-state index contributed by atoms with van der Waals surface area (Å²) >= 11 is 5.87. The molecule has 2 rings (SSSR count). The fraction of sp³-hybridized carbons (Fsp3) is 0.143. The van der Waals surface area contributed by atoms with Gasteiger partial charge in [0.2, 0.25) is 0 Å². The molecule has 2 aromatic carbocycles. The molecule has 0 fully saturated rings. The molecule has 82 valence electrons. The number of halogens is 1. The van der Waals surface area contributed by atoms with Crippen LogP contribution in [0.1, 0.15) is 0 Å². The third-order valence-electron chi connectivity index (χ3n) is 2.50. The van der Waals surface area contributed by atoms with Crippen molar-refractivity contribution < 1.29 is 0 Å². The van der Waals surface area contributed by atoms with Crippen LogP contribution in [-0.4, -0.2) is 12.5 Å². The number of hydrogen-bond donors (Lipinski definition) is 0. The molecule has 0 radical (unpaired) electrons. The summed E-state index contributed by atoms with van der Waals surface area (Å²) in [5.41, 5.74) is 2.45. The lowest BCUT2D eigenvalue weighted by molar-refractivity contribution is 1.44. The molecule has 0 bridgehead atoms. The minimum atomic E-state index is 0.332. The summed E-state index contributed by atoms with van der Waals surface area (Å²) in [7, 11) is 0.332. The number of benzene rings is 2. The second-order valence-corrected chi connectivity index (χ2v) is 6.39. The maximum absolute atomic E-state index is 5.87. The first kappa shape index (κ1) is 11.6. The molecule has 0 N–H and O–H groups in total. The molecule has 0 heterocycles. The van der Waals surface area contributed by atoms with E-state index in [1.165, 1.54) is 16.0 Å². The van der Waals surface area contributed by atoms with Crippen LogP contribution in [-0.2, 0) is 10.9 Å². The Morgan fingerprint density at radius 2 is 1.19 bits per heavy atom. The lowest BCUT2D eigenvalue weighted by Gasteiger charge is -2.02. The van der Waals surface area contributed by atoms with Gasteiger partial charge in [-0.25, -0.2) is 0 Å². The third-order valence-corrected chi connectivity index (χ3v) is 3.97. The summed E-state index contributed by atoms with van der Waals surface area (Å²) in [6.45, 7) is 0. The molecule has 2 heteroatoms. The van der Waals surface area contributed by atoms with E-state index in [9.17, 15) is 0 Å². The van der Waals surface area contributed by atoms with Crippen molar-refractivity contribution in [3.63, 3.8) is 0 Å². The van der Waals surface area contributed by atoms with Crippen LogP contribution in [0.15, 0.2) is 53.4 Å². The van der Waals surface area contributed by atoms with Crippen LogP contribution >= 0.6 is 11.6 Å². The van der Waals surface area contributed by atoms with Crippen LogP contribution in [0.2, 0.25) is 5.02 Å². The Morgan fingerprint density at radius 1 is 0.750 bits per heavy atom. The second kappa shape index (κ2) is 4.94. The highest BCUT2D eigenvalue weighted by Crippen LogP contribution is 2.22. The average molecular weight is 250 g/mol. The zero-order chi connectivity index (χ0) is 11.5. The molecule has 0 aromatic heterocycles. The zero-order valence-corrected chi connectivity index (χ0v) is 11.0. The summed E-state index contributed by atoms with van der Waals surface area (Å²) in [4.78, 5) is 1.40. The van der Waals surface area contributed by atoms with E-state index in [0.29, 0.717) is 10.9 Å². The Morgan fingerprint density at radius 3 is 1.62 bits per heavy atom. The summed E-state index contributed by atoms with van der Waals surface area (Å²) in [6.07, 6.45) is 4.47. The molecule has 0 saturated carbocycles. The quantitative estimate of drug-likeness (QED) is 0.699. The molecule has 0 aliphatic rings. The van der Waals surface area contributed by atoms with E-state index < -0.39 is 0 Å². The van der Waals surface area contributed by atoms with E-state index in [0.717, 1.165) is 5.02 Å². The van der Waals surface area contributed by atoms with E-state index in [-0.39, 0.29) is 0 Å². The van der Waals surface area contributed by atoms with Crippen molar-refractivity contribution >= 4 is 22.5 Å². The Labute approximate surface area is 105 Å². The van der Waals surface area contributed by atoms with Gasteiger partial charge in [0.1, 0.15) is 12.5 Å². The smallest absolute Gasteiger partial charge is 0.0843 e. The van der Waals surface area contributed by atoms with Crippen LogP contribution in [0, 0.1) is 0 Å². The van der Waals surface area contributed by atoms with Gasteiger partial charge in [0, 0.05) is 15.9 Å². The third kappa shape index (κ3) is 2.60. The molecule has 0 unspecified atom stereocenters. The molecular formula is C14H14ClS+. The van der Waals surface area contributed by atoms with Crippen LogP contribution in [0.3, 0.4) is 0 Å². The summed E-state index contributed by atoms with van der Waals surface area (Å²) in [5.74, 6) is 0. The van der Waals surface area contributed by atoms with Crippen molar-refractivity contribution in [3.05, 3.63) is 53.6 Å². The first-order chi connectivity index (χ1) is 7.66. The van der Waals surface area contributed by atoms with E-state index in [4.69, 9.17) is 11.6 Å². The monoisotopic (exact) mass is 249 g/mol. The Hall–Kier alpha value is -0.920. The number of hydrogen-bond acceptors (Lipinski definition) is 0. The summed E-state index contributed by atoms with van der Waals surface area (Å²) < 4.78 is 0. The summed E-state index contributed by atoms with van der Waals surface area (Å²) in [6, 6.07) is 16.7. The van der Waals surface area contributed by atoms with Crippen LogP contribution in [0.4, 0.5) is 0 Å². The van der Waals surface area contributed by atoms with Crippen molar-refractivity contribution in [2.45, 2.75) is 4.90 Å². The number of rotatable bonds is 2. The second-order valence-electron chi connectivity index (χ2n) is 3.85. The normalized spacial score (nSPS) is 10.8. The molecule has 0 atom stereocenters. The molecule has 0 nitrogen and oxygen atoms in total. The zero-order valence-electron chi connectivity index (χ0n) is 9.41. The van der Waals surface area contributed by atoms with Crippen LogP contribution in [0.5, 0.6) is 0 Å². The minimum absolute atomic E-state index is 0.332. The van der Waals surface area contributed by atoms with Gasteiger partial charge in [0.05, 0.1) is 0 Å². The lowest BCUT2D eigenvalue weighted by Crippen LogP contribution is -1.94. The van der Waals surface area contributed by atoms with Gasteiger partial charge < -0.3 is 0 Å². The predicted molar refractivity (Wildman–Crippen MR) is 74.4 cm³/mol. The maximum Gasteiger partial charge on any atom is 0.154 e. The lowest BCUT2D eigenvalue weighted by atomic mass is 10.1. The fourth-order valence-electron chi connectivity index (χ4n) is 1.56. The van der Waals surface area contributed by atoms with Gasteiger partial charge in [-0.05, 0) is 47.5 Å². The highest BCUT2D eigenvalue weighted by molar-refractivity contribution is 7.95. The highest BCUT2D eigenvalue weighted by atomic mass is 35.5. The SMILES string of the molecule is C[S+](C)c1ccc(-c2ccc(Cl)cc2)cc1. The molecule has 0 saturated heterocycles. The Balaban J connectivity index is 2.31. The fourth-order valence-corrected chi connectivity index (χ4v) is 2.37. The Bertz CT molecular complexity index is 457. The van der Waals surface area contributed by atoms with Gasteiger partial charge in [0.15, 0.2) is 4.90 Å². The van der Waals surface area contributed by atoms with Gasteiger partial charge in [0.25, 0.3) is 0 Å². The molecule has 0 aliphatic heterocycles. The molecule has 0 aliphatic carbocycles. The van der Waals surface area contributed by atoms with Gasteiger partial charge in [-0.3, -0.25) is 0 Å².